The molecule has 0 spiro atoms. The third-order valence-electron chi connectivity index (χ3n) is 5.65. The summed E-state index contributed by atoms with van der Waals surface area (Å²) in [4.78, 5) is 0. The van der Waals surface area contributed by atoms with Crippen molar-refractivity contribution < 1.29 is 4.39 Å². The summed E-state index contributed by atoms with van der Waals surface area (Å²) in [5.74, 6) is 2.81. The highest BCUT2D eigenvalue weighted by molar-refractivity contribution is 5.27. The van der Waals surface area contributed by atoms with Gasteiger partial charge in [-0.15, -0.1) is 0 Å². The molecular formula is C18H26FN. The quantitative estimate of drug-likeness (QED) is 0.853. The van der Waals surface area contributed by atoms with Crippen LogP contribution in [0.4, 0.5) is 4.39 Å². The van der Waals surface area contributed by atoms with E-state index in [1.165, 1.54) is 37.7 Å². The molecular weight excluding hydrogens is 249 g/mol. The first-order valence-electron chi connectivity index (χ1n) is 8.08. The Morgan fingerprint density at radius 2 is 2.15 bits per heavy atom. The zero-order valence-corrected chi connectivity index (χ0v) is 12.7. The molecule has 1 aromatic rings. The first-order valence-corrected chi connectivity index (χ1v) is 8.08. The van der Waals surface area contributed by atoms with E-state index in [4.69, 9.17) is 0 Å². The average Bonchev–Trinajstić information content (AvgIpc) is 3.03. The van der Waals surface area contributed by atoms with Gasteiger partial charge in [0, 0.05) is 6.04 Å². The van der Waals surface area contributed by atoms with Crippen molar-refractivity contribution in [3.63, 3.8) is 0 Å². The smallest absolute Gasteiger partial charge is 0.123 e. The molecule has 4 unspecified atom stereocenters. The fourth-order valence-electron chi connectivity index (χ4n) is 4.49. The Morgan fingerprint density at radius 1 is 1.30 bits per heavy atom. The SMILES string of the molecule is CNC(Cc1ccc(F)cc1C)CC1CC2CCC1C2. The van der Waals surface area contributed by atoms with E-state index in [9.17, 15) is 4.39 Å². The maximum absolute atomic E-state index is 13.2. The number of hydrogen-bond donors (Lipinski definition) is 1. The molecule has 0 aliphatic heterocycles. The van der Waals surface area contributed by atoms with Gasteiger partial charge < -0.3 is 5.32 Å². The van der Waals surface area contributed by atoms with Crippen LogP contribution in [0.3, 0.4) is 0 Å². The number of rotatable bonds is 5. The maximum Gasteiger partial charge on any atom is 0.123 e. The minimum Gasteiger partial charge on any atom is -0.317 e. The molecule has 1 N–H and O–H groups in total. The molecule has 2 bridgehead atoms. The van der Waals surface area contributed by atoms with E-state index in [0.29, 0.717) is 6.04 Å². The lowest BCUT2D eigenvalue weighted by atomic mass is 9.83. The molecule has 110 valence electrons. The number of fused-ring (bicyclic) bond motifs is 2. The standard InChI is InChI=1S/C18H26FN/c1-12-7-17(19)6-5-14(12)10-18(20-2)11-16-9-13-3-4-15(16)8-13/h5-7,13,15-16,18,20H,3-4,8-11H2,1-2H3. The summed E-state index contributed by atoms with van der Waals surface area (Å²) in [7, 11) is 2.07. The maximum atomic E-state index is 13.2. The summed E-state index contributed by atoms with van der Waals surface area (Å²) in [6.45, 7) is 2.02. The van der Waals surface area contributed by atoms with Crippen molar-refractivity contribution in [1.29, 1.82) is 0 Å². The molecule has 2 aliphatic rings. The Morgan fingerprint density at radius 3 is 2.75 bits per heavy atom. The van der Waals surface area contributed by atoms with E-state index >= 15 is 0 Å². The van der Waals surface area contributed by atoms with Crippen LogP contribution in [0.1, 0.15) is 43.2 Å². The van der Waals surface area contributed by atoms with Crippen LogP contribution >= 0.6 is 0 Å². The average molecular weight is 275 g/mol. The van der Waals surface area contributed by atoms with Crippen molar-refractivity contribution in [2.24, 2.45) is 17.8 Å². The van der Waals surface area contributed by atoms with Gasteiger partial charge >= 0.3 is 0 Å². The predicted molar refractivity (Wildman–Crippen MR) is 81.2 cm³/mol. The van der Waals surface area contributed by atoms with Gasteiger partial charge in [-0.25, -0.2) is 4.39 Å². The molecule has 3 rings (SSSR count). The molecule has 0 aromatic heterocycles. The Labute approximate surface area is 122 Å². The summed E-state index contributed by atoms with van der Waals surface area (Å²) in [6, 6.07) is 5.73. The van der Waals surface area contributed by atoms with Crippen LogP contribution in [0.25, 0.3) is 0 Å². The molecule has 2 heteroatoms. The van der Waals surface area contributed by atoms with Crippen molar-refractivity contribution in [3.8, 4) is 0 Å². The van der Waals surface area contributed by atoms with Crippen LogP contribution in [-0.2, 0) is 6.42 Å². The van der Waals surface area contributed by atoms with Crippen LogP contribution in [0, 0.1) is 30.5 Å². The zero-order chi connectivity index (χ0) is 14.1. The molecule has 0 saturated heterocycles. The van der Waals surface area contributed by atoms with Gasteiger partial charge in [0.2, 0.25) is 0 Å². The van der Waals surface area contributed by atoms with E-state index in [1.807, 2.05) is 13.0 Å². The monoisotopic (exact) mass is 275 g/mol. The molecule has 0 heterocycles. The Kier molecular flexibility index (Phi) is 4.11. The summed E-state index contributed by atoms with van der Waals surface area (Å²) in [6.07, 6.45) is 8.18. The Balaban J connectivity index is 1.62. The first kappa shape index (κ1) is 14.1. The van der Waals surface area contributed by atoms with Gasteiger partial charge in [-0.3, -0.25) is 0 Å². The van der Waals surface area contributed by atoms with Crippen LogP contribution in [-0.4, -0.2) is 13.1 Å². The predicted octanol–water partition coefficient (Wildman–Crippen LogP) is 4.09. The van der Waals surface area contributed by atoms with Crippen molar-refractivity contribution in [2.75, 3.05) is 7.05 Å². The zero-order valence-electron chi connectivity index (χ0n) is 12.7. The van der Waals surface area contributed by atoms with E-state index in [-0.39, 0.29) is 5.82 Å². The van der Waals surface area contributed by atoms with Crippen LogP contribution in [0.2, 0.25) is 0 Å². The number of nitrogens with one attached hydrogen (secondary N) is 1. The fourth-order valence-corrected chi connectivity index (χ4v) is 4.49. The van der Waals surface area contributed by atoms with E-state index in [1.54, 1.807) is 12.1 Å². The van der Waals surface area contributed by atoms with Crippen molar-refractivity contribution in [3.05, 3.63) is 35.1 Å². The number of likely N-dealkylation sites (N-methyl/N-ethyl adjacent to an activating group) is 1. The number of aryl methyl sites for hydroxylation is 1. The normalized spacial score (nSPS) is 29.9. The second kappa shape index (κ2) is 5.85. The molecule has 2 aliphatic carbocycles. The number of halogens is 1. The van der Waals surface area contributed by atoms with Crippen LogP contribution in [0.15, 0.2) is 18.2 Å². The third kappa shape index (κ3) is 2.90. The minimum atomic E-state index is -0.125. The molecule has 2 fully saturated rings. The van der Waals surface area contributed by atoms with Gasteiger partial charge in [0.05, 0.1) is 0 Å². The van der Waals surface area contributed by atoms with Gasteiger partial charge in [-0.2, -0.15) is 0 Å². The number of benzene rings is 1. The third-order valence-corrected chi connectivity index (χ3v) is 5.65. The van der Waals surface area contributed by atoms with Gasteiger partial charge in [-0.05, 0) is 87.1 Å². The van der Waals surface area contributed by atoms with Crippen molar-refractivity contribution in [2.45, 2.75) is 51.5 Å². The topological polar surface area (TPSA) is 12.0 Å². The van der Waals surface area contributed by atoms with Crippen molar-refractivity contribution >= 4 is 0 Å². The lowest BCUT2D eigenvalue weighted by Gasteiger charge is -2.27. The lowest BCUT2D eigenvalue weighted by Crippen LogP contribution is -2.31. The van der Waals surface area contributed by atoms with Crippen molar-refractivity contribution in [1.82, 2.24) is 5.32 Å². The summed E-state index contributed by atoms with van der Waals surface area (Å²) in [5, 5.41) is 3.48. The molecule has 1 aromatic carbocycles. The van der Waals surface area contributed by atoms with Gasteiger partial charge in [0.1, 0.15) is 5.82 Å². The Hall–Kier alpha value is -0.890. The van der Waals surface area contributed by atoms with E-state index < -0.39 is 0 Å². The second-order valence-corrected chi connectivity index (χ2v) is 6.93. The highest BCUT2D eigenvalue weighted by atomic mass is 19.1. The van der Waals surface area contributed by atoms with Gasteiger partial charge in [-0.1, -0.05) is 12.5 Å². The molecule has 0 radical (unpaired) electrons. The molecule has 20 heavy (non-hydrogen) atoms. The summed E-state index contributed by atoms with van der Waals surface area (Å²) in [5.41, 5.74) is 2.37. The molecule has 1 nitrogen and oxygen atoms in total. The molecule has 2 saturated carbocycles. The van der Waals surface area contributed by atoms with Gasteiger partial charge in [0.15, 0.2) is 0 Å². The van der Waals surface area contributed by atoms with Crippen LogP contribution in [0.5, 0.6) is 0 Å². The second-order valence-electron chi connectivity index (χ2n) is 6.93. The summed E-state index contributed by atoms with van der Waals surface area (Å²) >= 11 is 0. The molecule has 4 atom stereocenters. The Bertz CT molecular complexity index is 470. The van der Waals surface area contributed by atoms with E-state index in [0.717, 1.165) is 29.7 Å². The first-order chi connectivity index (χ1) is 9.65. The summed E-state index contributed by atoms with van der Waals surface area (Å²) < 4.78 is 13.2. The minimum absolute atomic E-state index is 0.125. The highest BCUT2D eigenvalue weighted by Crippen LogP contribution is 2.49. The van der Waals surface area contributed by atoms with Gasteiger partial charge in [0.25, 0.3) is 0 Å². The number of hydrogen-bond acceptors (Lipinski definition) is 1. The largest absolute Gasteiger partial charge is 0.317 e. The highest BCUT2D eigenvalue weighted by Gasteiger charge is 2.39. The molecule has 0 amide bonds. The van der Waals surface area contributed by atoms with E-state index in [2.05, 4.69) is 12.4 Å². The van der Waals surface area contributed by atoms with Crippen LogP contribution < -0.4 is 5.32 Å². The lowest BCUT2D eigenvalue weighted by molar-refractivity contribution is 0.281. The fraction of sp³-hybridized carbons (Fsp3) is 0.667.